The zero-order valence-corrected chi connectivity index (χ0v) is 33.1. The number of nitrogens with zero attached hydrogens (tertiary/aromatic N) is 5. The quantitative estimate of drug-likeness (QED) is 0.112. The number of amides is 1. The Kier molecular flexibility index (Phi) is 12.8. The highest BCUT2D eigenvalue weighted by molar-refractivity contribution is 7.99. The second-order valence-electron chi connectivity index (χ2n) is 13.9. The van der Waals surface area contributed by atoms with Crippen LogP contribution < -0.4 is 19.7 Å². The highest BCUT2D eigenvalue weighted by Crippen LogP contribution is 2.53. The predicted molar refractivity (Wildman–Crippen MR) is 218 cm³/mol. The highest BCUT2D eigenvalue weighted by Gasteiger charge is 2.43. The van der Waals surface area contributed by atoms with Crippen LogP contribution in [0, 0.1) is 13.8 Å². The average Bonchev–Trinajstić information content (AvgIpc) is 3.88. The molecule has 2 aliphatic rings. The minimum Gasteiger partial charge on any atom is -0.472 e. The number of allylic oxidation sites excluding steroid dienone is 1. The topological polar surface area (TPSA) is 84.8 Å². The normalized spacial score (nSPS) is 15.0. The molecule has 1 saturated carbocycles. The number of ether oxygens (including phenoxy) is 2. The Bertz CT molecular complexity index is 2100. The van der Waals surface area contributed by atoms with E-state index in [0.717, 1.165) is 84.4 Å². The van der Waals surface area contributed by atoms with Gasteiger partial charge in [-0.1, -0.05) is 50.3 Å². The summed E-state index contributed by atoms with van der Waals surface area (Å²) in [6, 6.07) is 19.0. The van der Waals surface area contributed by atoms with E-state index < -0.39 is 6.61 Å². The van der Waals surface area contributed by atoms with Crippen molar-refractivity contribution >= 4 is 34.6 Å². The van der Waals surface area contributed by atoms with E-state index in [0.29, 0.717) is 11.3 Å². The molecule has 1 N–H and O–H groups in total. The van der Waals surface area contributed by atoms with Crippen LogP contribution in [0.5, 0.6) is 11.6 Å². The molecular weight excluding hydrogens is 719 g/mol. The third kappa shape index (κ3) is 9.48. The number of likely N-dealkylation sites (N-methyl/N-ethyl adjacent to an activating group) is 1. The van der Waals surface area contributed by atoms with Crippen LogP contribution in [0.4, 0.5) is 14.6 Å². The van der Waals surface area contributed by atoms with Gasteiger partial charge in [-0.15, -0.1) is 6.58 Å². The van der Waals surface area contributed by atoms with Crippen LogP contribution in [-0.2, 0) is 13.2 Å². The van der Waals surface area contributed by atoms with Crippen molar-refractivity contribution in [3.05, 3.63) is 114 Å². The second kappa shape index (κ2) is 17.7. The van der Waals surface area contributed by atoms with Crippen molar-refractivity contribution in [3.63, 3.8) is 0 Å². The first-order valence-electron chi connectivity index (χ1n) is 18.9. The van der Waals surface area contributed by atoms with Crippen LogP contribution in [0.3, 0.4) is 0 Å². The van der Waals surface area contributed by atoms with E-state index in [9.17, 15) is 13.6 Å². The van der Waals surface area contributed by atoms with Crippen LogP contribution in [0.2, 0.25) is 0 Å². The number of aryl methyl sites for hydroxylation is 2. The van der Waals surface area contributed by atoms with Gasteiger partial charge in [0.1, 0.15) is 18.2 Å². The van der Waals surface area contributed by atoms with Gasteiger partial charge in [0.25, 0.3) is 5.91 Å². The molecule has 1 aliphatic heterocycles. The fourth-order valence-corrected chi connectivity index (χ4v) is 8.13. The van der Waals surface area contributed by atoms with Gasteiger partial charge in [-0.2, -0.15) is 8.78 Å². The molecule has 0 unspecified atom stereocenters. The minimum atomic E-state index is -3.07. The van der Waals surface area contributed by atoms with Gasteiger partial charge in [0.05, 0.1) is 17.6 Å². The zero-order valence-electron chi connectivity index (χ0n) is 32.3. The van der Waals surface area contributed by atoms with Gasteiger partial charge in [-0.25, -0.2) is 9.97 Å². The predicted octanol–water partition coefficient (Wildman–Crippen LogP) is 9.21. The molecule has 1 saturated heterocycles. The number of anilines is 1. The second-order valence-corrected chi connectivity index (χ2v) is 15.3. The molecule has 55 heavy (non-hydrogen) atoms. The van der Waals surface area contributed by atoms with E-state index in [1.165, 1.54) is 6.07 Å². The summed E-state index contributed by atoms with van der Waals surface area (Å²) in [6.07, 6.45) is 9.00. The minimum absolute atomic E-state index is 0.0833. The smallest absolute Gasteiger partial charge is 0.387 e. The highest BCUT2D eigenvalue weighted by atomic mass is 32.2. The summed E-state index contributed by atoms with van der Waals surface area (Å²) in [5, 5.41) is 3.81. The number of hydrogen-bond donors (Lipinski definition) is 1. The summed E-state index contributed by atoms with van der Waals surface area (Å²) in [4.78, 5) is 28.3. The molecule has 12 heteroatoms. The number of aromatic nitrogens is 3. The summed E-state index contributed by atoms with van der Waals surface area (Å²) in [5.74, 6) is 0.576. The first-order chi connectivity index (χ1) is 26.6. The number of rotatable bonds is 14. The van der Waals surface area contributed by atoms with E-state index in [1.807, 2.05) is 75.5 Å². The van der Waals surface area contributed by atoms with E-state index in [4.69, 9.17) is 14.5 Å². The lowest BCUT2D eigenvalue weighted by atomic mass is 9.99. The lowest BCUT2D eigenvalue weighted by Crippen LogP contribution is -2.44. The molecule has 0 atom stereocenters. The number of carbonyl (C=O) groups excluding carboxylic acids is 1. The van der Waals surface area contributed by atoms with Crippen molar-refractivity contribution in [2.45, 2.75) is 71.5 Å². The third-order valence-corrected chi connectivity index (χ3v) is 11.3. The number of pyridine rings is 2. The standard InChI is InChI=1S/C41H44F2N6O3S.C2H6/c1-5-13-41(14-15-41)53-49-25-27(2)37-32(21-31(22-34(37)49)30-11-12-36(44-23-30)48-18-16-47(4)17-19-48)38(50)45-24-33-35(52-40(42)43)20-28(3)46-39(33)51-26-29-9-7-6-8-10-29;1-2/h5-12,20-23,25,40H,1,13-19,24,26H2,2-4H3,(H,45,50);1-2H3. The molecule has 4 heterocycles. The molecular formula is C43H50F2N6O3S. The van der Waals surface area contributed by atoms with Crippen LogP contribution in [-0.4, -0.2) is 69.3 Å². The fraction of sp³-hybridized carbons (Fsp3) is 0.372. The maximum atomic E-state index is 14.3. The van der Waals surface area contributed by atoms with Crippen LogP contribution in [0.15, 0.2) is 85.7 Å². The van der Waals surface area contributed by atoms with Gasteiger partial charge in [0.2, 0.25) is 5.88 Å². The summed E-state index contributed by atoms with van der Waals surface area (Å²) in [7, 11) is 2.13. The number of halogens is 2. The number of fused-ring (bicyclic) bond motifs is 1. The van der Waals surface area contributed by atoms with Gasteiger partial charge in [-0.05, 0) is 93.1 Å². The number of benzene rings is 2. The van der Waals surface area contributed by atoms with Crippen molar-refractivity contribution in [2.24, 2.45) is 0 Å². The molecule has 3 aromatic heterocycles. The Morgan fingerprint density at radius 3 is 2.44 bits per heavy atom. The van der Waals surface area contributed by atoms with Gasteiger partial charge in [0, 0.05) is 71.6 Å². The van der Waals surface area contributed by atoms with Crippen molar-refractivity contribution in [2.75, 3.05) is 38.1 Å². The molecule has 1 aliphatic carbocycles. The SMILES string of the molecule is C=CCC1(Sn2cc(C)c3c(C(=O)NCc4c(OC(F)F)cc(C)nc4OCc4ccccc4)cc(-c4ccc(N5CCN(C)CC5)nc4)cc32)CC1.CC. The number of carbonyl (C=O) groups is 1. The fourth-order valence-electron chi connectivity index (χ4n) is 6.78. The zero-order chi connectivity index (χ0) is 39.1. The molecule has 0 radical (unpaired) electrons. The summed E-state index contributed by atoms with van der Waals surface area (Å²) < 4.78 is 40.5. The molecule has 0 spiro atoms. The van der Waals surface area contributed by atoms with Crippen molar-refractivity contribution in [1.82, 2.24) is 24.2 Å². The molecule has 9 nitrogen and oxygen atoms in total. The molecule has 2 fully saturated rings. The monoisotopic (exact) mass is 768 g/mol. The van der Waals surface area contributed by atoms with Crippen molar-refractivity contribution < 1.29 is 23.0 Å². The molecule has 290 valence electrons. The van der Waals surface area contributed by atoms with E-state index in [-0.39, 0.29) is 41.0 Å². The van der Waals surface area contributed by atoms with Gasteiger partial charge < -0.3 is 24.6 Å². The van der Waals surface area contributed by atoms with Crippen molar-refractivity contribution in [3.8, 4) is 22.8 Å². The van der Waals surface area contributed by atoms with Gasteiger partial charge >= 0.3 is 6.61 Å². The third-order valence-electron chi connectivity index (χ3n) is 9.86. The average molecular weight is 769 g/mol. The van der Waals surface area contributed by atoms with Crippen LogP contribution in [0.1, 0.15) is 65.9 Å². The Morgan fingerprint density at radius 1 is 1.04 bits per heavy atom. The first-order valence-corrected chi connectivity index (χ1v) is 19.6. The summed E-state index contributed by atoms with van der Waals surface area (Å²) >= 11 is 1.78. The molecule has 2 aromatic carbocycles. The largest absolute Gasteiger partial charge is 0.472 e. The van der Waals surface area contributed by atoms with Crippen LogP contribution >= 0.6 is 11.9 Å². The summed E-state index contributed by atoms with van der Waals surface area (Å²) in [6.45, 7) is 12.4. The van der Waals surface area contributed by atoms with Gasteiger partial charge in [0.15, 0.2) is 0 Å². The summed E-state index contributed by atoms with van der Waals surface area (Å²) in [5.41, 5.74) is 5.61. The maximum absolute atomic E-state index is 14.3. The maximum Gasteiger partial charge on any atom is 0.387 e. The molecule has 0 bridgehead atoms. The lowest BCUT2D eigenvalue weighted by Gasteiger charge is -2.33. The van der Waals surface area contributed by atoms with E-state index in [1.54, 1.807) is 18.9 Å². The Morgan fingerprint density at radius 2 is 1.78 bits per heavy atom. The molecule has 5 aromatic rings. The molecule has 1 amide bonds. The van der Waals surface area contributed by atoms with Gasteiger partial charge in [-0.3, -0.25) is 8.77 Å². The van der Waals surface area contributed by atoms with E-state index >= 15 is 0 Å². The van der Waals surface area contributed by atoms with Crippen LogP contribution in [0.25, 0.3) is 22.0 Å². The Balaban J connectivity index is 0.00000253. The van der Waals surface area contributed by atoms with Crippen molar-refractivity contribution in [1.29, 1.82) is 0 Å². The Hall–Kier alpha value is -4.94. The number of hydrogen-bond acceptors (Lipinski definition) is 8. The number of nitrogens with one attached hydrogen (secondary N) is 1. The Labute approximate surface area is 326 Å². The lowest BCUT2D eigenvalue weighted by molar-refractivity contribution is -0.0507. The number of alkyl halides is 2. The first kappa shape index (κ1) is 39.7. The number of piperazine rings is 1. The molecule has 7 rings (SSSR count). The van der Waals surface area contributed by atoms with E-state index in [2.05, 4.69) is 56.0 Å².